The molecule has 3 aromatic carbocycles. The van der Waals surface area contributed by atoms with Crippen molar-refractivity contribution in [1.29, 1.82) is 0 Å². The fourth-order valence-corrected chi connectivity index (χ4v) is 5.42. The second-order valence-corrected chi connectivity index (χ2v) is 11.6. The Labute approximate surface area is 230 Å². The minimum absolute atomic E-state index is 0.0491. The summed E-state index contributed by atoms with van der Waals surface area (Å²) in [7, 11) is -4.13. The Morgan fingerprint density at radius 2 is 1.61 bits per heavy atom. The van der Waals surface area contributed by atoms with Gasteiger partial charge in [0.15, 0.2) is 0 Å². The molecule has 38 heavy (non-hydrogen) atoms. The number of amides is 2. The van der Waals surface area contributed by atoms with E-state index in [1.165, 1.54) is 23.1 Å². The largest absolute Gasteiger partial charge is 0.352 e. The third-order valence-corrected chi connectivity index (χ3v) is 8.37. The van der Waals surface area contributed by atoms with Crippen LogP contribution in [-0.2, 0) is 26.2 Å². The molecule has 3 rings (SSSR count). The first-order chi connectivity index (χ1) is 18.0. The molecule has 0 saturated carbocycles. The van der Waals surface area contributed by atoms with E-state index in [2.05, 4.69) is 5.32 Å². The molecule has 2 amide bonds. The van der Waals surface area contributed by atoms with Gasteiger partial charge in [-0.2, -0.15) is 0 Å². The molecule has 0 fully saturated rings. The van der Waals surface area contributed by atoms with Crippen LogP contribution in [0.5, 0.6) is 0 Å². The van der Waals surface area contributed by atoms with Gasteiger partial charge in [0, 0.05) is 17.6 Å². The van der Waals surface area contributed by atoms with Gasteiger partial charge in [0.05, 0.1) is 10.6 Å². The summed E-state index contributed by atoms with van der Waals surface area (Å²) in [6.45, 7) is 7.00. The zero-order valence-electron chi connectivity index (χ0n) is 22.1. The highest BCUT2D eigenvalue weighted by Gasteiger charge is 2.32. The molecule has 202 valence electrons. The third kappa shape index (κ3) is 7.36. The fourth-order valence-electron chi connectivity index (χ4n) is 3.83. The summed E-state index contributed by atoms with van der Waals surface area (Å²) in [5.74, 6) is -0.823. The van der Waals surface area contributed by atoms with Crippen LogP contribution in [0.2, 0.25) is 5.02 Å². The lowest BCUT2D eigenvalue weighted by Gasteiger charge is -2.32. The summed E-state index contributed by atoms with van der Waals surface area (Å²) in [6.07, 6.45) is 0.739. The monoisotopic (exact) mass is 555 g/mol. The van der Waals surface area contributed by atoms with Gasteiger partial charge in [-0.15, -0.1) is 0 Å². The summed E-state index contributed by atoms with van der Waals surface area (Å²) in [5, 5.41) is 3.26. The van der Waals surface area contributed by atoms with Crippen LogP contribution in [0.1, 0.15) is 38.3 Å². The molecule has 0 saturated heterocycles. The van der Waals surface area contributed by atoms with E-state index in [1.54, 1.807) is 37.3 Å². The highest BCUT2D eigenvalue weighted by Crippen LogP contribution is 2.27. The molecular formula is C29H34ClN3O4S. The van der Waals surface area contributed by atoms with E-state index in [1.807, 2.05) is 51.1 Å². The molecule has 0 aromatic heterocycles. The van der Waals surface area contributed by atoms with Gasteiger partial charge >= 0.3 is 0 Å². The van der Waals surface area contributed by atoms with Gasteiger partial charge < -0.3 is 10.2 Å². The van der Waals surface area contributed by atoms with Crippen LogP contribution in [0.4, 0.5) is 5.69 Å². The lowest BCUT2D eigenvalue weighted by atomic mass is 10.1. The number of carbonyl (C=O) groups excluding carboxylic acids is 2. The van der Waals surface area contributed by atoms with Gasteiger partial charge in [0.2, 0.25) is 11.8 Å². The number of nitrogens with one attached hydrogen (secondary N) is 1. The molecule has 0 aliphatic heterocycles. The minimum atomic E-state index is -4.13. The van der Waals surface area contributed by atoms with E-state index in [0.29, 0.717) is 5.02 Å². The van der Waals surface area contributed by atoms with E-state index in [4.69, 9.17) is 11.6 Å². The Morgan fingerprint density at radius 1 is 0.947 bits per heavy atom. The smallest absolute Gasteiger partial charge is 0.264 e. The van der Waals surface area contributed by atoms with Crippen LogP contribution in [0, 0.1) is 6.92 Å². The first kappa shape index (κ1) is 29.2. The van der Waals surface area contributed by atoms with Crippen LogP contribution in [-0.4, -0.2) is 43.8 Å². The summed E-state index contributed by atoms with van der Waals surface area (Å²) >= 11 is 6.20. The summed E-state index contributed by atoms with van der Waals surface area (Å²) in [4.78, 5) is 28.4. The van der Waals surface area contributed by atoms with E-state index in [9.17, 15) is 18.0 Å². The molecule has 2 atom stereocenters. The summed E-state index contributed by atoms with van der Waals surface area (Å²) in [6, 6.07) is 21.2. The zero-order valence-corrected chi connectivity index (χ0v) is 23.7. The van der Waals surface area contributed by atoms with Crippen LogP contribution < -0.4 is 9.62 Å². The number of sulfonamides is 1. The van der Waals surface area contributed by atoms with E-state index in [-0.39, 0.29) is 29.1 Å². The first-order valence-electron chi connectivity index (χ1n) is 12.5. The molecule has 7 nitrogen and oxygen atoms in total. The zero-order chi connectivity index (χ0) is 27.9. The van der Waals surface area contributed by atoms with Gasteiger partial charge in [-0.3, -0.25) is 13.9 Å². The lowest BCUT2D eigenvalue weighted by molar-refractivity contribution is -0.139. The van der Waals surface area contributed by atoms with Crippen molar-refractivity contribution < 1.29 is 18.0 Å². The van der Waals surface area contributed by atoms with Crippen molar-refractivity contribution in [1.82, 2.24) is 10.2 Å². The van der Waals surface area contributed by atoms with Crippen molar-refractivity contribution in [2.75, 3.05) is 10.8 Å². The van der Waals surface area contributed by atoms with E-state index in [0.717, 1.165) is 21.9 Å². The van der Waals surface area contributed by atoms with E-state index >= 15 is 0 Å². The molecule has 0 heterocycles. The fraction of sp³-hybridized carbons (Fsp3) is 0.310. The first-order valence-corrected chi connectivity index (χ1v) is 14.3. The number of rotatable bonds is 11. The molecule has 0 aliphatic rings. The predicted molar refractivity (Wildman–Crippen MR) is 152 cm³/mol. The topological polar surface area (TPSA) is 86.8 Å². The Morgan fingerprint density at radius 3 is 2.21 bits per heavy atom. The van der Waals surface area contributed by atoms with Crippen molar-refractivity contribution in [3.8, 4) is 0 Å². The predicted octanol–water partition coefficient (Wildman–Crippen LogP) is 5.18. The van der Waals surface area contributed by atoms with Crippen molar-refractivity contribution in [2.24, 2.45) is 0 Å². The second kappa shape index (κ2) is 12.9. The van der Waals surface area contributed by atoms with Gasteiger partial charge in [0.25, 0.3) is 10.0 Å². The normalized spacial score (nSPS) is 12.9. The molecule has 0 bridgehead atoms. The van der Waals surface area contributed by atoms with Crippen molar-refractivity contribution in [2.45, 2.75) is 57.6 Å². The van der Waals surface area contributed by atoms with E-state index < -0.39 is 28.5 Å². The molecule has 9 heteroatoms. The second-order valence-electron chi connectivity index (χ2n) is 9.31. The number of hydrogen-bond acceptors (Lipinski definition) is 4. The maximum Gasteiger partial charge on any atom is 0.264 e. The SMILES string of the molecule is CC[C@@H](C)NC(=O)[C@@H](C)N(Cc1ccccc1)C(=O)CN(c1cccc(Cl)c1)S(=O)(=O)c1ccc(C)cc1. The number of halogens is 1. The maximum atomic E-state index is 13.9. The quantitative estimate of drug-likeness (QED) is 0.353. The lowest BCUT2D eigenvalue weighted by Crippen LogP contribution is -2.52. The Hall–Kier alpha value is -3.36. The molecule has 1 N–H and O–H groups in total. The van der Waals surface area contributed by atoms with Crippen molar-refractivity contribution in [3.05, 3.63) is 95.0 Å². The Kier molecular flexibility index (Phi) is 9.94. The van der Waals surface area contributed by atoms with Gasteiger partial charge in [0.1, 0.15) is 12.6 Å². The average molecular weight is 556 g/mol. The molecular weight excluding hydrogens is 522 g/mol. The number of nitrogens with zero attached hydrogens (tertiary/aromatic N) is 2. The summed E-state index contributed by atoms with van der Waals surface area (Å²) in [5.41, 5.74) is 1.98. The number of anilines is 1. The maximum absolute atomic E-state index is 13.9. The number of benzene rings is 3. The average Bonchev–Trinajstić information content (AvgIpc) is 2.90. The van der Waals surface area contributed by atoms with Crippen LogP contribution in [0.3, 0.4) is 0 Å². The van der Waals surface area contributed by atoms with Gasteiger partial charge in [-0.25, -0.2) is 8.42 Å². The Bertz CT molecular complexity index is 1350. The van der Waals surface area contributed by atoms with Crippen molar-refractivity contribution >= 4 is 39.1 Å². The molecule has 0 unspecified atom stereocenters. The summed E-state index contributed by atoms with van der Waals surface area (Å²) < 4.78 is 28.6. The van der Waals surface area contributed by atoms with Crippen LogP contribution in [0.25, 0.3) is 0 Å². The standard InChI is InChI=1S/C29H34ClN3O4S/c1-5-22(3)31-29(35)23(4)32(19-24-10-7-6-8-11-24)28(34)20-33(26-13-9-12-25(30)18-26)38(36,37)27-16-14-21(2)15-17-27/h6-18,22-23H,5,19-20H2,1-4H3,(H,31,35)/t22-,23-/m1/s1. The highest BCUT2D eigenvalue weighted by molar-refractivity contribution is 7.92. The molecule has 0 aliphatic carbocycles. The number of aryl methyl sites for hydroxylation is 1. The highest BCUT2D eigenvalue weighted by atomic mass is 35.5. The molecule has 0 spiro atoms. The molecule has 0 radical (unpaired) electrons. The van der Waals surface area contributed by atoms with Crippen molar-refractivity contribution in [3.63, 3.8) is 0 Å². The van der Waals surface area contributed by atoms with Crippen LogP contribution >= 0.6 is 11.6 Å². The minimum Gasteiger partial charge on any atom is -0.352 e. The van der Waals surface area contributed by atoms with Crippen LogP contribution in [0.15, 0.2) is 83.8 Å². The number of carbonyl (C=O) groups is 2. The number of hydrogen-bond donors (Lipinski definition) is 1. The molecule has 3 aromatic rings. The third-order valence-electron chi connectivity index (χ3n) is 6.35. The van der Waals surface area contributed by atoms with Gasteiger partial charge in [-0.05, 0) is 63.1 Å². The Balaban J connectivity index is 2.01. The van der Waals surface area contributed by atoms with Gasteiger partial charge in [-0.1, -0.05) is 72.6 Å².